The largest absolute Gasteiger partial charge is 0.274 e. The molecule has 3 nitrogen and oxygen atoms in total. The summed E-state index contributed by atoms with van der Waals surface area (Å²) in [5.74, 6) is 0. The van der Waals surface area contributed by atoms with Crippen LogP contribution in [0.5, 0.6) is 0 Å². The van der Waals surface area contributed by atoms with Gasteiger partial charge in [-0.15, -0.1) is 0 Å². The summed E-state index contributed by atoms with van der Waals surface area (Å²) in [5.41, 5.74) is 0.942. The van der Waals surface area contributed by atoms with Crippen molar-refractivity contribution in [1.29, 1.82) is 0 Å². The van der Waals surface area contributed by atoms with Crippen molar-refractivity contribution in [2.45, 2.75) is 6.54 Å². The number of rotatable bonds is 4. The predicted octanol–water partition coefficient (Wildman–Crippen LogP) is 1.59. The molecule has 0 fully saturated rings. The molecule has 76 valence electrons. The molecule has 4 heteroatoms. The molecular weight excluding hydrogens is 198 g/mol. The van der Waals surface area contributed by atoms with Crippen molar-refractivity contribution >= 4 is 10.0 Å². The smallest absolute Gasteiger partial charge is 0.232 e. The molecule has 0 aromatic heterocycles. The summed E-state index contributed by atoms with van der Waals surface area (Å²) in [6.45, 7) is 3.81. The number of sulfonamides is 1. The maximum Gasteiger partial charge on any atom is 0.232 e. The lowest BCUT2D eigenvalue weighted by Gasteiger charge is -2.16. The van der Waals surface area contributed by atoms with E-state index in [2.05, 4.69) is 6.58 Å². The highest BCUT2D eigenvalue weighted by Crippen LogP contribution is 2.07. The van der Waals surface area contributed by atoms with Crippen LogP contribution in [0.15, 0.2) is 43.1 Å². The Bertz CT molecular complexity index is 397. The number of hydrogen-bond acceptors (Lipinski definition) is 2. The number of nitrogens with zero attached hydrogens (tertiary/aromatic N) is 1. The molecule has 0 amide bonds. The van der Waals surface area contributed by atoms with Gasteiger partial charge >= 0.3 is 0 Å². The summed E-state index contributed by atoms with van der Waals surface area (Å²) >= 11 is 0. The summed E-state index contributed by atoms with van der Waals surface area (Å²) in [6, 6.07) is 9.39. The zero-order chi connectivity index (χ0) is 10.6. The summed E-state index contributed by atoms with van der Waals surface area (Å²) in [4.78, 5) is 0. The van der Waals surface area contributed by atoms with Crippen molar-refractivity contribution in [2.24, 2.45) is 0 Å². The first kappa shape index (κ1) is 10.8. The van der Waals surface area contributed by atoms with E-state index >= 15 is 0 Å². The van der Waals surface area contributed by atoms with E-state index in [-0.39, 0.29) is 0 Å². The van der Waals surface area contributed by atoms with Crippen LogP contribution in [0.1, 0.15) is 5.56 Å². The van der Waals surface area contributed by atoms with E-state index in [9.17, 15) is 8.42 Å². The molecule has 0 saturated carbocycles. The van der Waals surface area contributed by atoms with Crippen molar-refractivity contribution in [2.75, 3.05) is 6.26 Å². The lowest BCUT2D eigenvalue weighted by molar-refractivity contribution is 0.502. The Morgan fingerprint density at radius 1 is 1.36 bits per heavy atom. The van der Waals surface area contributed by atoms with Crippen LogP contribution < -0.4 is 0 Å². The second kappa shape index (κ2) is 4.28. The van der Waals surface area contributed by atoms with Gasteiger partial charge in [-0.3, -0.25) is 4.31 Å². The monoisotopic (exact) mass is 211 g/mol. The molecule has 14 heavy (non-hydrogen) atoms. The van der Waals surface area contributed by atoms with Crippen LogP contribution in [-0.2, 0) is 16.6 Å². The van der Waals surface area contributed by atoms with Crippen LogP contribution in [0, 0.1) is 0 Å². The van der Waals surface area contributed by atoms with Gasteiger partial charge in [0.05, 0.1) is 12.8 Å². The van der Waals surface area contributed by atoms with Gasteiger partial charge in [-0.2, -0.15) is 0 Å². The fourth-order valence-corrected chi connectivity index (χ4v) is 1.73. The molecule has 0 aliphatic carbocycles. The van der Waals surface area contributed by atoms with E-state index in [1.807, 2.05) is 30.3 Å². The van der Waals surface area contributed by atoms with Gasteiger partial charge in [-0.25, -0.2) is 8.42 Å². The van der Waals surface area contributed by atoms with Gasteiger partial charge in [0.1, 0.15) is 0 Å². The van der Waals surface area contributed by atoms with Crippen LogP contribution in [0.4, 0.5) is 0 Å². The zero-order valence-corrected chi connectivity index (χ0v) is 8.87. The van der Waals surface area contributed by atoms with Gasteiger partial charge in [0.15, 0.2) is 0 Å². The quantitative estimate of drug-likeness (QED) is 0.758. The molecule has 0 atom stereocenters. The summed E-state index contributed by atoms with van der Waals surface area (Å²) in [7, 11) is -3.20. The third kappa shape index (κ3) is 2.88. The first-order valence-corrected chi connectivity index (χ1v) is 6.02. The average Bonchev–Trinajstić information content (AvgIpc) is 2.14. The number of benzene rings is 1. The Labute approximate surface area is 84.7 Å². The number of hydrogen-bond donors (Lipinski definition) is 0. The fraction of sp³-hybridized carbons (Fsp3) is 0.200. The predicted molar refractivity (Wildman–Crippen MR) is 57.0 cm³/mol. The molecule has 0 saturated heterocycles. The SMILES string of the molecule is C=CN(Cc1ccccc1)S(C)(=O)=O. The topological polar surface area (TPSA) is 37.4 Å². The van der Waals surface area contributed by atoms with E-state index in [0.717, 1.165) is 11.8 Å². The minimum Gasteiger partial charge on any atom is -0.274 e. The molecular formula is C10H13NO2S. The fourth-order valence-electron chi connectivity index (χ4n) is 1.08. The highest BCUT2D eigenvalue weighted by Gasteiger charge is 2.10. The molecule has 0 aliphatic heterocycles. The highest BCUT2D eigenvalue weighted by atomic mass is 32.2. The van der Waals surface area contributed by atoms with Crippen molar-refractivity contribution in [1.82, 2.24) is 4.31 Å². The van der Waals surface area contributed by atoms with Crippen molar-refractivity contribution in [3.63, 3.8) is 0 Å². The van der Waals surface area contributed by atoms with E-state index in [4.69, 9.17) is 0 Å². The van der Waals surface area contributed by atoms with Crippen molar-refractivity contribution in [3.05, 3.63) is 48.7 Å². The summed E-state index contributed by atoms with van der Waals surface area (Å²) in [5, 5.41) is 0. The van der Waals surface area contributed by atoms with Gasteiger partial charge in [0, 0.05) is 6.20 Å². The molecule has 0 radical (unpaired) electrons. The van der Waals surface area contributed by atoms with Crippen molar-refractivity contribution < 1.29 is 8.42 Å². The minimum absolute atomic E-state index is 0.336. The Morgan fingerprint density at radius 2 is 1.93 bits per heavy atom. The second-order valence-electron chi connectivity index (χ2n) is 2.98. The Balaban J connectivity index is 2.82. The summed E-state index contributed by atoms with van der Waals surface area (Å²) < 4.78 is 23.7. The van der Waals surface area contributed by atoms with Crippen LogP contribution in [-0.4, -0.2) is 19.0 Å². The Kier molecular flexibility index (Phi) is 3.30. The first-order chi connectivity index (χ1) is 6.54. The van der Waals surface area contributed by atoms with Crippen molar-refractivity contribution in [3.8, 4) is 0 Å². The summed E-state index contributed by atoms with van der Waals surface area (Å²) in [6.07, 6.45) is 2.49. The average molecular weight is 211 g/mol. The highest BCUT2D eigenvalue weighted by molar-refractivity contribution is 7.88. The van der Waals surface area contributed by atoms with E-state index in [1.54, 1.807) is 0 Å². The molecule has 1 rings (SSSR count). The molecule has 1 aromatic carbocycles. The standard InChI is InChI=1S/C10H13NO2S/c1-3-11(14(2,12)13)9-10-7-5-4-6-8-10/h3-8H,1,9H2,2H3. The van der Waals surface area contributed by atoms with Gasteiger partial charge in [-0.1, -0.05) is 36.9 Å². The van der Waals surface area contributed by atoms with Gasteiger partial charge in [0.2, 0.25) is 10.0 Å². The second-order valence-corrected chi connectivity index (χ2v) is 4.91. The van der Waals surface area contributed by atoms with E-state index < -0.39 is 10.0 Å². The van der Waals surface area contributed by atoms with E-state index in [1.165, 1.54) is 10.5 Å². The van der Waals surface area contributed by atoms with Gasteiger partial charge in [-0.05, 0) is 5.56 Å². The van der Waals surface area contributed by atoms with Crippen LogP contribution in [0.25, 0.3) is 0 Å². The molecule has 0 aliphatic rings. The third-order valence-corrected chi connectivity index (χ3v) is 2.94. The molecule has 0 heterocycles. The molecule has 0 bridgehead atoms. The molecule has 0 unspecified atom stereocenters. The van der Waals surface area contributed by atoms with Crippen LogP contribution in [0.3, 0.4) is 0 Å². The minimum atomic E-state index is -3.20. The van der Waals surface area contributed by atoms with Crippen LogP contribution >= 0.6 is 0 Å². The third-order valence-electron chi connectivity index (χ3n) is 1.81. The normalized spacial score (nSPS) is 10.9. The van der Waals surface area contributed by atoms with Crippen LogP contribution in [0.2, 0.25) is 0 Å². The lowest BCUT2D eigenvalue weighted by atomic mass is 10.2. The Hall–Kier alpha value is -1.29. The Morgan fingerprint density at radius 3 is 2.36 bits per heavy atom. The van der Waals surface area contributed by atoms with Gasteiger partial charge < -0.3 is 0 Å². The maximum atomic E-state index is 11.2. The zero-order valence-electron chi connectivity index (χ0n) is 8.05. The lowest BCUT2D eigenvalue weighted by Crippen LogP contribution is -2.23. The molecule has 0 N–H and O–H groups in total. The molecule has 0 spiro atoms. The first-order valence-electron chi connectivity index (χ1n) is 4.17. The maximum absolute atomic E-state index is 11.2. The van der Waals surface area contributed by atoms with E-state index in [0.29, 0.717) is 6.54 Å². The molecule has 1 aromatic rings. The van der Waals surface area contributed by atoms with Gasteiger partial charge in [0.25, 0.3) is 0 Å².